The number of rotatable bonds is 14. The maximum absolute atomic E-state index is 11.1. The average molecular weight is 306 g/mol. The molecular weight excluding hydrogens is 272 g/mol. The van der Waals surface area contributed by atoms with E-state index < -0.39 is 0 Å². The lowest BCUT2D eigenvalue weighted by atomic mass is 10.1. The number of allylic oxidation sites excluding steroid dienone is 6. The largest absolute Gasteiger partial charge is 0.466 e. The predicted octanol–water partition coefficient (Wildman–Crippen LogP) is 6.14. The number of carbonyl (C=O) groups excluding carboxylic acids is 1. The Morgan fingerprint density at radius 3 is 2.05 bits per heavy atom. The molecule has 0 rings (SSSR count). The van der Waals surface area contributed by atoms with Gasteiger partial charge in [-0.2, -0.15) is 0 Å². The van der Waals surface area contributed by atoms with E-state index in [0.717, 1.165) is 32.1 Å². The van der Waals surface area contributed by atoms with Crippen molar-refractivity contribution in [3.05, 3.63) is 36.5 Å². The molecule has 0 aromatic rings. The summed E-state index contributed by atoms with van der Waals surface area (Å²) in [6.45, 7) is 4.50. The predicted molar refractivity (Wildman–Crippen MR) is 95.9 cm³/mol. The van der Waals surface area contributed by atoms with E-state index in [1.807, 2.05) is 6.92 Å². The zero-order valence-electron chi connectivity index (χ0n) is 14.6. The third kappa shape index (κ3) is 16.7. The second-order valence-electron chi connectivity index (χ2n) is 5.41. The van der Waals surface area contributed by atoms with E-state index in [9.17, 15) is 4.79 Å². The number of hydrogen-bond donors (Lipinski definition) is 0. The summed E-state index contributed by atoms with van der Waals surface area (Å²) < 4.78 is 4.90. The molecule has 0 aliphatic rings. The Kier molecular flexibility index (Phi) is 16.7. The molecule has 22 heavy (non-hydrogen) atoms. The van der Waals surface area contributed by atoms with Gasteiger partial charge in [-0.25, -0.2) is 0 Å². The van der Waals surface area contributed by atoms with Crippen LogP contribution in [0.3, 0.4) is 0 Å². The number of esters is 1. The molecule has 0 bridgehead atoms. The maximum atomic E-state index is 11.1. The van der Waals surface area contributed by atoms with Crippen LogP contribution >= 0.6 is 0 Å². The molecule has 0 aromatic heterocycles. The Morgan fingerprint density at radius 1 is 0.773 bits per heavy atom. The van der Waals surface area contributed by atoms with Crippen molar-refractivity contribution in [2.24, 2.45) is 0 Å². The molecule has 0 radical (unpaired) electrons. The summed E-state index contributed by atoms with van der Waals surface area (Å²) in [5, 5.41) is 0. The number of unbranched alkanes of at least 4 members (excludes halogenated alkanes) is 5. The fourth-order valence-corrected chi connectivity index (χ4v) is 2.12. The van der Waals surface area contributed by atoms with Gasteiger partial charge in [-0.15, -0.1) is 0 Å². The van der Waals surface area contributed by atoms with Crippen molar-refractivity contribution >= 4 is 5.97 Å². The lowest BCUT2D eigenvalue weighted by molar-refractivity contribution is -0.143. The van der Waals surface area contributed by atoms with Gasteiger partial charge in [0.1, 0.15) is 0 Å². The van der Waals surface area contributed by atoms with Gasteiger partial charge < -0.3 is 4.74 Å². The van der Waals surface area contributed by atoms with Gasteiger partial charge in [0.25, 0.3) is 0 Å². The van der Waals surface area contributed by atoms with Crippen molar-refractivity contribution in [2.45, 2.75) is 78.1 Å². The Bertz CT molecular complexity index is 327. The third-order valence-corrected chi connectivity index (χ3v) is 3.34. The smallest absolute Gasteiger partial charge is 0.305 e. The summed E-state index contributed by atoms with van der Waals surface area (Å²) in [6.07, 6.45) is 24.2. The maximum Gasteiger partial charge on any atom is 0.305 e. The van der Waals surface area contributed by atoms with Crippen molar-refractivity contribution in [3.8, 4) is 0 Å². The van der Waals surface area contributed by atoms with E-state index in [1.165, 1.54) is 25.7 Å². The van der Waals surface area contributed by atoms with Crippen LogP contribution in [-0.4, -0.2) is 12.6 Å². The Hall–Kier alpha value is -1.31. The highest BCUT2D eigenvalue weighted by Gasteiger charge is 2.00. The van der Waals surface area contributed by atoms with Crippen LogP contribution in [0.25, 0.3) is 0 Å². The first kappa shape index (κ1) is 20.7. The Labute approximate surface area is 137 Å². The van der Waals surface area contributed by atoms with Gasteiger partial charge in [0.2, 0.25) is 0 Å². The standard InChI is InChI=1S/C20H34O2/c1-3-5-6-7-8-9-10-11-12-13-14-15-16-17-18-19-20(21)22-4-2/h5-6,8-9,11-12H,3-4,7,10,13-19H2,1-2H3/b6-5+,9-8+,12-11-. The van der Waals surface area contributed by atoms with Gasteiger partial charge in [-0.3, -0.25) is 4.79 Å². The zero-order chi connectivity index (χ0) is 16.3. The van der Waals surface area contributed by atoms with Gasteiger partial charge in [-0.05, 0) is 45.4 Å². The SMILES string of the molecule is CC/C=C/C/C=C/C/C=C\CCCCCCCC(=O)OCC. The lowest BCUT2D eigenvalue weighted by Gasteiger charge is -2.01. The van der Waals surface area contributed by atoms with Gasteiger partial charge in [0.15, 0.2) is 0 Å². The molecule has 0 amide bonds. The Balaban J connectivity index is 3.27. The number of hydrogen-bond acceptors (Lipinski definition) is 2. The monoisotopic (exact) mass is 306 g/mol. The molecule has 0 fully saturated rings. The first-order valence-electron chi connectivity index (χ1n) is 8.91. The van der Waals surface area contributed by atoms with Gasteiger partial charge in [0, 0.05) is 6.42 Å². The van der Waals surface area contributed by atoms with Crippen molar-refractivity contribution < 1.29 is 9.53 Å². The fraction of sp³-hybridized carbons (Fsp3) is 0.650. The van der Waals surface area contributed by atoms with E-state index in [-0.39, 0.29) is 5.97 Å². The van der Waals surface area contributed by atoms with Crippen LogP contribution in [0.5, 0.6) is 0 Å². The summed E-state index contributed by atoms with van der Waals surface area (Å²) in [6, 6.07) is 0. The second-order valence-corrected chi connectivity index (χ2v) is 5.41. The van der Waals surface area contributed by atoms with Crippen LogP contribution < -0.4 is 0 Å². The lowest BCUT2D eigenvalue weighted by Crippen LogP contribution is -2.03. The van der Waals surface area contributed by atoms with E-state index >= 15 is 0 Å². The van der Waals surface area contributed by atoms with Crippen molar-refractivity contribution in [1.82, 2.24) is 0 Å². The minimum Gasteiger partial charge on any atom is -0.466 e. The van der Waals surface area contributed by atoms with Crippen LogP contribution in [0.1, 0.15) is 78.1 Å². The van der Waals surface area contributed by atoms with Crippen molar-refractivity contribution in [3.63, 3.8) is 0 Å². The molecule has 0 N–H and O–H groups in total. The van der Waals surface area contributed by atoms with Crippen LogP contribution in [0.2, 0.25) is 0 Å². The quantitative estimate of drug-likeness (QED) is 0.219. The second kappa shape index (κ2) is 17.7. The van der Waals surface area contributed by atoms with Crippen LogP contribution in [0.4, 0.5) is 0 Å². The molecule has 0 saturated heterocycles. The molecular formula is C20H34O2. The molecule has 0 atom stereocenters. The fourth-order valence-electron chi connectivity index (χ4n) is 2.12. The summed E-state index contributed by atoms with van der Waals surface area (Å²) in [4.78, 5) is 11.1. The molecule has 0 unspecified atom stereocenters. The van der Waals surface area contributed by atoms with Crippen LogP contribution in [0.15, 0.2) is 36.5 Å². The van der Waals surface area contributed by atoms with E-state index in [2.05, 4.69) is 43.4 Å². The van der Waals surface area contributed by atoms with E-state index in [1.54, 1.807) is 0 Å². The molecule has 0 aliphatic heterocycles. The molecule has 126 valence electrons. The topological polar surface area (TPSA) is 26.3 Å². The first-order valence-corrected chi connectivity index (χ1v) is 8.91. The van der Waals surface area contributed by atoms with E-state index in [4.69, 9.17) is 4.74 Å². The van der Waals surface area contributed by atoms with Crippen LogP contribution in [-0.2, 0) is 9.53 Å². The molecule has 0 aliphatic carbocycles. The Morgan fingerprint density at radius 2 is 1.36 bits per heavy atom. The van der Waals surface area contributed by atoms with Gasteiger partial charge >= 0.3 is 5.97 Å². The van der Waals surface area contributed by atoms with Gasteiger partial charge in [0.05, 0.1) is 6.61 Å². The van der Waals surface area contributed by atoms with Crippen LogP contribution in [0, 0.1) is 0 Å². The normalized spacial score (nSPS) is 11.9. The number of ether oxygens (including phenoxy) is 1. The number of carbonyl (C=O) groups is 1. The molecule has 2 nitrogen and oxygen atoms in total. The first-order chi connectivity index (χ1) is 10.8. The van der Waals surface area contributed by atoms with Crippen molar-refractivity contribution in [2.75, 3.05) is 6.61 Å². The molecule has 0 spiro atoms. The molecule has 0 saturated carbocycles. The highest BCUT2D eigenvalue weighted by Crippen LogP contribution is 2.08. The molecule has 0 aromatic carbocycles. The minimum atomic E-state index is -0.0522. The summed E-state index contributed by atoms with van der Waals surface area (Å²) >= 11 is 0. The minimum absolute atomic E-state index is 0.0522. The highest BCUT2D eigenvalue weighted by atomic mass is 16.5. The van der Waals surface area contributed by atoms with Gasteiger partial charge in [-0.1, -0.05) is 62.6 Å². The zero-order valence-corrected chi connectivity index (χ0v) is 14.6. The van der Waals surface area contributed by atoms with E-state index in [0.29, 0.717) is 13.0 Å². The summed E-state index contributed by atoms with van der Waals surface area (Å²) in [7, 11) is 0. The molecule has 0 heterocycles. The molecule has 2 heteroatoms. The summed E-state index contributed by atoms with van der Waals surface area (Å²) in [5.41, 5.74) is 0. The summed E-state index contributed by atoms with van der Waals surface area (Å²) in [5.74, 6) is -0.0522. The average Bonchev–Trinajstić information content (AvgIpc) is 2.51. The highest BCUT2D eigenvalue weighted by molar-refractivity contribution is 5.69. The third-order valence-electron chi connectivity index (χ3n) is 3.34. The van der Waals surface area contributed by atoms with Crippen molar-refractivity contribution in [1.29, 1.82) is 0 Å².